The average Bonchev–Trinajstić information content (AvgIpc) is 3.15. The van der Waals surface area contributed by atoms with Gasteiger partial charge in [0.05, 0.1) is 5.71 Å². The number of amides is 2. The number of furan rings is 1. The Kier molecular flexibility index (Phi) is 6.65. The molecule has 3 aromatic rings. The Morgan fingerprint density at radius 1 is 1.12 bits per heavy atom. The second kappa shape index (κ2) is 9.63. The van der Waals surface area contributed by atoms with Crippen molar-refractivity contribution < 1.29 is 14.0 Å². The molecule has 1 aliphatic carbocycles. The van der Waals surface area contributed by atoms with E-state index in [1.165, 1.54) is 0 Å². The van der Waals surface area contributed by atoms with Crippen molar-refractivity contribution in [2.45, 2.75) is 40.0 Å². The molecule has 33 heavy (non-hydrogen) atoms. The highest BCUT2D eigenvalue weighted by atomic mass is 35.5. The zero-order chi connectivity index (χ0) is 23.5. The summed E-state index contributed by atoms with van der Waals surface area (Å²) < 4.78 is 6.07. The van der Waals surface area contributed by atoms with Crippen LogP contribution in [0.2, 0.25) is 5.02 Å². The van der Waals surface area contributed by atoms with E-state index < -0.39 is 0 Å². The molecule has 0 spiro atoms. The molecular weight excluding hydrogens is 438 g/mol. The van der Waals surface area contributed by atoms with Crippen LogP contribution >= 0.6 is 11.6 Å². The van der Waals surface area contributed by atoms with Gasteiger partial charge in [-0.25, -0.2) is 5.43 Å². The fourth-order valence-corrected chi connectivity index (χ4v) is 4.26. The Bertz CT molecular complexity index is 1230. The molecule has 170 valence electrons. The Balaban J connectivity index is 1.62. The van der Waals surface area contributed by atoms with Gasteiger partial charge in [-0.1, -0.05) is 23.7 Å². The van der Waals surface area contributed by atoms with Gasteiger partial charge in [-0.2, -0.15) is 5.10 Å². The van der Waals surface area contributed by atoms with Gasteiger partial charge in [0.25, 0.3) is 11.8 Å². The lowest BCUT2D eigenvalue weighted by molar-refractivity contribution is 0.0949. The molecule has 1 heterocycles. The van der Waals surface area contributed by atoms with Crippen LogP contribution in [0.25, 0.3) is 0 Å². The molecule has 1 aliphatic rings. The third-order valence-corrected chi connectivity index (χ3v) is 6.05. The van der Waals surface area contributed by atoms with Crippen molar-refractivity contribution in [3.8, 4) is 0 Å². The van der Waals surface area contributed by atoms with E-state index in [2.05, 4.69) is 10.5 Å². The Labute approximate surface area is 198 Å². The number of nitrogens with zero attached hydrogens (tertiary/aromatic N) is 2. The zero-order valence-corrected chi connectivity index (χ0v) is 19.7. The number of anilines is 1. The lowest BCUT2D eigenvalue weighted by Gasteiger charge is -2.20. The van der Waals surface area contributed by atoms with Crippen molar-refractivity contribution in [3.63, 3.8) is 0 Å². The predicted molar refractivity (Wildman–Crippen MR) is 130 cm³/mol. The van der Waals surface area contributed by atoms with E-state index in [-0.39, 0.29) is 11.8 Å². The van der Waals surface area contributed by atoms with E-state index in [1.54, 1.807) is 29.2 Å². The highest BCUT2D eigenvalue weighted by molar-refractivity contribution is 6.30. The molecule has 0 unspecified atom stereocenters. The van der Waals surface area contributed by atoms with Gasteiger partial charge in [-0.05, 0) is 75.6 Å². The molecule has 0 saturated heterocycles. The van der Waals surface area contributed by atoms with E-state index in [4.69, 9.17) is 16.0 Å². The van der Waals surface area contributed by atoms with E-state index >= 15 is 0 Å². The summed E-state index contributed by atoms with van der Waals surface area (Å²) in [6.45, 7) is 6.34. The van der Waals surface area contributed by atoms with Gasteiger partial charge in [-0.15, -0.1) is 0 Å². The molecule has 0 radical (unpaired) electrons. The second-order valence-corrected chi connectivity index (χ2v) is 8.54. The standard InChI is InChI=1S/C26H26ClN3O3/c1-4-30(20-8-5-7-16(2)15-20)26(32)24-17(3)23-21(9-6-10-22(23)33-24)28-29-25(31)18-11-13-19(27)14-12-18/h5,7-8,11-15H,4,6,9-10H2,1-3H3,(H,29,31)/b28-21+. The van der Waals surface area contributed by atoms with Gasteiger partial charge in [0.2, 0.25) is 0 Å². The lowest BCUT2D eigenvalue weighted by atomic mass is 9.93. The van der Waals surface area contributed by atoms with Crippen molar-refractivity contribution >= 4 is 34.8 Å². The van der Waals surface area contributed by atoms with Gasteiger partial charge in [0.15, 0.2) is 5.76 Å². The van der Waals surface area contributed by atoms with Crippen LogP contribution < -0.4 is 10.3 Å². The summed E-state index contributed by atoms with van der Waals surface area (Å²) in [7, 11) is 0. The number of aryl methyl sites for hydroxylation is 2. The number of hydrogen-bond donors (Lipinski definition) is 1. The summed E-state index contributed by atoms with van der Waals surface area (Å²) in [5, 5.41) is 4.95. The highest BCUT2D eigenvalue weighted by Gasteiger charge is 2.30. The van der Waals surface area contributed by atoms with Gasteiger partial charge in [0.1, 0.15) is 5.76 Å². The topological polar surface area (TPSA) is 74.9 Å². The van der Waals surface area contributed by atoms with Gasteiger partial charge < -0.3 is 9.32 Å². The minimum Gasteiger partial charge on any atom is -0.455 e. The maximum Gasteiger partial charge on any atom is 0.294 e. The monoisotopic (exact) mass is 463 g/mol. The number of carbonyl (C=O) groups is 2. The molecule has 1 N–H and O–H groups in total. The predicted octanol–water partition coefficient (Wildman–Crippen LogP) is 5.69. The van der Waals surface area contributed by atoms with Crippen LogP contribution in [0.15, 0.2) is 58.0 Å². The molecule has 7 heteroatoms. The quantitative estimate of drug-likeness (QED) is 0.494. The maximum absolute atomic E-state index is 13.4. The molecule has 0 saturated carbocycles. The Morgan fingerprint density at radius 3 is 2.58 bits per heavy atom. The van der Waals surface area contributed by atoms with E-state index in [0.717, 1.165) is 46.7 Å². The van der Waals surface area contributed by atoms with Crippen LogP contribution in [-0.4, -0.2) is 24.1 Å². The third kappa shape index (κ3) is 4.71. The lowest BCUT2D eigenvalue weighted by Crippen LogP contribution is -2.31. The third-order valence-electron chi connectivity index (χ3n) is 5.79. The number of carbonyl (C=O) groups excluding carboxylic acids is 2. The summed E-state index contributed by atoms with van der Waals surface area (Å²) in [6.07, 6.45) is 2.25. The van der Waals surface area contributed by atoms with E-state index in [9.17, 15) is 9.59 Å². The van der Waals surface area contributed by atoms with E-state index in [1.807, 2.05) is 45.0 Å². The van der Waals surface area contributed by atoms with Crippen LogP contribution in [0.4, 0.5) is 5.69 Å². The first-order valence-electron chi connectivity index (χ1n) is 11.0. The fraction of sp³-hybridized carbons (Fsp3) is 0.269. The molecule has 0 fully saturated rings. The summed E-state index contributed by atoms with van der Waals surface area (Å²) >= 11 is 5.90. The molecular formula is C26H26ClN3O3. The summed E-state index contributed by atoms with van der Waals surface area (Å²) in [5.41, 5.74) is 7.31. The first kappa shape index (κ1) is 22.8. The van der Waals surface area contributed by atoms with Gasteiger partial charge >= 0.3 is 0 Å². The number of hydrogen-bond acceptors (Lipinski definition) is 4. The molecule has 0 atom stereocenters. The largest absolute Gasteiger partial charge is 0.455 e. The van der Waals surface area contributed by atoms with Crippen molar-refractivity contribution in [1.82, 2.24) is 5.43 Å². The Morgan fingerprint density at radius 2 is 1.88 bits per heavy atom. The van der Waals surface area contributed by atoms with Gasteiger partial charge in [0, 0.05) is 40.4 Å². The zero-order valence-electron chi connectivity index (χ0n) is 18.9. The van der Waals surface area contributed by atoms with Crippen LogP contribution in [-0.2, 0) is 6.42 Å². The van der Waals surface area contributed by atoms with Crippen molar-refractivity contribution in [3.05, 3.63) is 87.3 Å². The number of nitrogens with one attached hydrogen (secondary N) is 1. The highest BCUT2D eigenvalue weighted by Crippen LogP contribution is 2.31. The van der Waals surface area contributed by atoms with E-state index in [0.29, 0.717) is 29.3 Å². The number of rotatable bonds is 5. The fourth-order valence-electron chi connectivity index (χ4n) is 4.13. The van der Waals surface area contributed by atoms with Gasteiger partial charge in [-0.3, -0.25) is 9.59 Å². The first-order chi connectivity index (χ1) is 15.9. The van der Waals surface area contributed by atoms with Crippen LogP contribution in [0, 0.1) is 13.8 Å². The molecule has 1 aromatic heterocycles. The van der Waals surface area contributed by atoms with Crippen molar-refractivity contribution in [1.29, 1.82) is 0 Å². The minimum atomic E-state index is -0.319. The molecule has 2 amide bonds. The minimum absolute atomic E-state index is 0.181. The van der Waals surface area contributed by atoms with Crippen LogP contribution in [0.5, 0.6) is 0 Å². The number of benzene rings is 2. The SMILES string of the molecule is CCN(C(=O)c1oc2c(c1C)/C(=N/NC(=O)c1ccc(Cl)cc1)CCC2)c1cccc(C)c1. The smallest absolute Gasteiger partial charge is 0.294 e. The number of fused-ring (bicyclic) bond motifs is 1. The summed E-state index contributed by atoms with van der Waals surface area (Å²) in [4.78, 5) is 27.6. The molecule has 6 nitrogen and oxygen atoms in total. The second-order valence-electron chi connectivity index (χ2n) is 8.10. The maximum atomic E-state index is 13.4. The first-order valence-corrected chi connectivity index (χ1v) is 11.4. The Hall–Kier alpha value is -3.38. The normalized spacial score (nSPS) is 14.1. The van der Waals surface area contributed by atoms with Crippen LogP contribution in [0.1, 0.15) is 63.1 Å². The number of hydrazone groups is 1. The summed E-state index contributed by atoms with van der Waals surface area (Å²) in [5.74, 6) is 0.559. The molecule has 4 rings (SSSR count). The average molecular weight is 464 g/mol. The van der Waals surface area contributed by atoms with Crippen LogP contribution in [0.3, 0.4) is 0 Å². The molecule has 2 aromatic carbocycles. The molecule has 0 bridgehead atoms. The van der Waals surface area contributed by atoms with Crippen molar-refractivity contribution in [2.75, 3.05) is 11.4 Å². The van der Waals surface area contributed by atoms with Crippen molar-refractivity contribution in [2.24, 2.45) is 5.10 Å². The number of halogens is 1. The summed E-state index contributed by atoms with van der Waals surface area (Å²) in [6, 6.07) is 14.5. The molecule has 0 aliphatic heterocycles.